The fourth-order valence-electron chi connectivity index (χ4n) is 6.78. The van der Waals surface area contributed by atoms with Crippen LogP contribution in [0.5, 0.6) is 0 Å². The van der Waals surface area contributed by atoms with Gasteiger partial charge in [-0.2, -0.15) is 0 Å². The number of unbranched alkanes of at least 4 members (excludes halogenated alkanes) is 7. The minimum Gasteiger partial charge on any atom is -0.481 e. The highest BCUT2D eigenvalue weighted by Gasteiger charge is 2.51. The highest BCUT2D eigenvalue weighted by atomic mass is 32.2. The molecule has 71 heavy (non-hydrogen) atoms. The van der Waals surface area contributed by atoms with Crippen molar-refractivity contribution in [1.82, 2.24) is 0 Å². The Kier molecular flexibility index (Phi) is 37.8. The van der Waals surface area contributed by atoms with Crippen molar-refractivity contribution in [2.45, 2.75) is 190 Å². The van der Waals surface area contributed by atoms with Crippen LogP contribution in [-0.4, -0.2) is 138 Å². The van der Waals surface area contributed by atoms with Crippen LogP contribution in [0.1, 0.15) is 129 Å². The maximum Gasteiger partial charge on any atom is 0.472 e. The molecule has 0 heterocycles. The Morgan fingerprint density at radius 2 is 1.21 bits per heavy atom. The van der Waals surface area contributed by atoms with Gasteiger partial charge in [-0.3, -0.25) is 23.4 Å². The summed E-state index contributed by atoms with van der Waals surface area (Å²) in [5.41, 5.74) is 6.18. The van der Waals surface area contributed by atoms with Gasteiger partial charge in [0.25, 0.3) is 0 Å². The maximum atomic E-state index is 13.1. The van der Waals surface area contributed by atoms with Crippen molar-refractivity contribution >= 4 is 37.5 Å². The number of ether oxygens (including phenoxy) is 2. The van der Waals surface area contributed by atoms with Crippen molar-refractivity contribution in [3.63, 3.8) is 0 Å². The van der Waals surface area contributed by atoms with Crippen LogP contribution in [0.3, 0.4) is 0 Å². The van der Waals surface area contributed by atoms with Gasteiger partial charge >= 0.3 is 25.7 Å². The van der Waals surface area contributed by atoms with Gasteiger partial charge in [0.15, 0.2) is 6.10 Å². The van der Waals surface area contributed by atoms with Crippen molar-refractivity contribution in [2.75, 3.05) is 19.0 Å². The van der Waals surface area contributed by atoms with Crippen LogP contribution in [0.15, 0.2) is 97.2 Å². The molecule has 1 saturated carbocycles. The number of phosphoric acid groups is 1. The summed E-state index contributed by atoms with van der Waals surface area (Å²) in [6.07, 6.45) is 30.5. The number of carboxylic acids is 1. The molecule has 17 nitrogen and oxygen atoms in total. The zero-order chi connectivity index (χ0) is 52.7. The predicted octanol–water partition coefficient (Wildman–Crippen LogP) is 7.15. The largest absolute Gasteiger partial charge is 0.481 e. The summed E-state index contributed by atoms with van der Waals surface area (Å²) in [5.74, 6) is -2.73. The molecule has 0 radical (unpaired) electrons. The molecule has 0 aromatic carbocycles. The molecule has 0 spiro atoms. The third-order valence-corrected chi connectivity index (χ3v) is 13.3. The molecular formula is C52H84NO16PS. The van der Waals surface area contributed by atoms with E-state index in [1.54, 1.807) is 18.2 Å². The highest BCUT2D eigenvalue weighted by Crippen LogP contribution is 2.47. The number of aliphatic hydroxyl groups excluding tert-OH is 6. The second-order valence-electron chi connectivity index (χ2n) is 17.1. The lowest BCUT2D eigenvalue weighted by Crippen LogP contribution is -2.64. The lowest BCUT2D eigenvalue weighted by molar-refractivity contribution is -0.220. The second-order valence-corrected chi connectivity index (χ2v) is 19.8. The number of phosphoric ester groups is 1. The molecule has 404 valence electrons. The third-order valence-electron chi connectivity index (χ3n) is 10.9. The molecule has 0 saturated heterocycles. The molecule has 1 fully saturated rings. The van der Waals surface area contributed by atoms with E-state index in [-0.39, 0.29) is 31.4 Å². The molecule has 0 aliphatic heterocycles. The summed E-state index contributed by atoms with van der Waals surface area (Å²) >= 11 is 1.14. The molecule has 1 aliphatic rings. The van der Waals surface area contributed by atoms with Gasteiger partial charge in [0.1, 0.15) is 49.3 Å². The number of nitrogens with two attached hydrogens (primary N) is 1. The van der Waals surface area contributed by atoms with Gasteiger partial charge < -0.3 is 55.8 Å². The first-order valence-corrected chi connectivity index (χ1v) is 27.5. The molecule has 0 bridgehead atoms. The Hall–Kier alpha value is -3.49. The Balaban J connectivity index is 2.88. The van der Waals surface area contributed by atoms with E-state index in [2.05, 4.69) is 74.6 Å². The lowest BCUT2D eigenvalue weighted by atomic mass is 9.85. The van der Waals surface area contributed by atoms with E-state index in [1.807, 2.05) is 18.2 Å². The molecule has 1 aliphatic carbocycles. The quantitative estimate of drug-likeness (QED) is 0.00968. The number of thioether (sulfide) groups is 1. The van der Waals surface area contributed by atoms with E-state index in [9.17, 15) is 54.5 Å². The van der Waals surface area contributed by atoms with Gasteiger partial charge in [0.2, 0.25) is 0 Å². The number of hydrogen-bond donors (Lipinski definition) is 9. The van der Waals surface area contributed by atoms with E-state index in [1.165, 1.54) is 19.3 Å². The van der Waals surface area contributed by atoms with Crippen LogP contribution in [-0.2, 0) is 37.5 Å². The fraction of sp³-hybridized carbons (Fsp3) is 0.635. The van der Waals surface area contributed by atoms with E-state index in [4.69, 9.17) is 29.4 Å². The Bertz CT molecular complexity index is 1730. The molecule has 0 aromatic rings. The van der Waals surface area contributed by atoms with Crippen molar-refractivity contribution in [3.8, 4) is 0 Å². The predicted molar refractivity (Wildman–Crippen MR) is 277 cm³/mol. The molecule has 3 unspecified atom stereocenters. The first-order valence-electron chi connectivity index (χ1n) is 25.0. The van der Waals surface area contributed by atoms with Crippen LogP contribution < -0.4 is 5.73 Å². The summed E-state index contributed by atoms with van der Waals surface area (Å²) in [6, 6.07) is -1.26. The van der Waals surface area contributed by atoms with E-state index >= 15 is 0 Å². The average Bonchev–Trinajstić information content (AvgIpc) is 3.34. The van der Waals surface area contributed by atoms with E-state index in [0.29, 0.717) is 12.8 Å². The maximum absolute atomic E-state index is 13.1. The average molecular weight is 1040 g/mol. The Morgan fingerprint density at radius 1 is 0.662 bits per heavy atom. The number of hydrogen-bond acceptors (Lipinski definition) is 16. The fourth-order valence-corrected chi connectivity index (χ4v) is 8.88. The van der Waals surface area contributed by atoms with Crippen LogP contribution in [0.4, 0.5) is 0 Å². The van der Waals surface area contributed by atoms with Crippen LogP contribution in [0.2, 0.25) is 0 Å². The third kappa shape index (κ3) is 32.3. The Labute approximate surface area is 425 Å². The molecule has 1 rings (SSSR count). The standard InChI is InChI=1S/C52H84NO16PS/c1-3-5-7-9-11-13-15-17-18-19-20-21-23-25-27-29-31-36-45(57)68-40(38-67-70(64,65)69-51-49(61)47(59)46(58)48(60)50(51)62)37-66-52(63)41(53)39-71-43(42(54)33-32-35-44(55)56)34-30-28-26-24-22-16-14-12-10-8-6-4-2/h5,7,11-14,17-18,20-22,24,26,28,30,34,40-43,46-51,54,58-62H,3-4,6,8-10,15-16,19,23,25,27,29,31-33,35-39,53H2,1-2H3,(H,55,56)(H,64,65)/b7-5-,13-11-,14-12-,18-17-,21-20-,24-22-,28-26+,34-30+/t40-,41+,42+,43-,46?,47-,48+,49-,50-,51?/m1/s1. The number of esters is 2. The van der Waals surface area contributed by atoms with Gasteiger partial charge in [-0.25, -0.2) is 4.57 Å². The molecule has 0 aromatic heterocycles. The zero-order valence-corrected chi connectivity index (χ0v) is 43.3. The molecule has 0 amide bonds. The van der Waals surface area contributed by atoms with Crippen molar-refractivity contribution in [2.24, 2.45) is 5.73 Å². The number of carboxylic acid groups (broad SMARTS) is 1. The Morgan fingerprint density at radius 3 is 1.82 bits per heavy atom. The first-order chi connectivity index (χ1) is 34.0. The highest BCUT2D eigenvalue weighted by molar-refractivity contribution is 8.00. The van der Waals surface area contributed by atoms with Gasteiger partial charge in [-0.15, -0.1) is 11.8 Å². The summed E-state index contributed by atoms with van der Waals surface area (Å²) in [6.45, 7) is 2.68. The lowest BCUT2D eigenvalue weighted by Gasteiger charge is -2.41. The SMILES string of the molecule is CC/C=C\C/C=C\C/C=C\C/C=C\CCCCCCC(=O)O[C@H](COC(=O)[C@@H](N)CS[C@H](/C=C/C=C/C=C\C/C=C\CCCCC)[C@@H](O)CCCC(=O)O)COP(=O)(O)OC1[C@H](O)[C@H](O)C(O)[C@H](O)[C@H]1O. The summed E-state index contributed by atoms with van der Waals surface area (Å²) in [5, 5.41) is 69.9. The second kappa shape index (κ2) is 40.9. The number of carbonyl (C=O) groups excluding carboxylic acids is 2. The zero-order valence-electron chi connectivity index (χ0n) is 41.6. The number of carbonyl (C=O) groups is 3. The normalized spacial score (nSPS) is 22.7. The van der Waals surface area contributed by atoms with Gasteiger partial charge in [-0.1, -0.05) is 137 Å². The molecule has 10 N–H and O–H groups in total. The first kappa shape index (κ1) is 65.5. The molecule has 11 atom stereocenters. The van der Waals surface area contributed by atoms with Crippen molar-refractivity contribution < 1.29 is 78.1 Å². The number of rotatable bonds is 40. The summed E-state index contributed by atoms with van der Waals surface area (Å²) < 4.78 is 33.7. The smallest absolute Gasteiger partial charge is 0.472 e. The number of aliphatic carboxylic acids is 1. The van der Waals surface area contributed by atoms with Crippen LogP contribution >= 0.6 is 19.6 Å². The topological polar surface area (TPSA) is 293 Å². The summed E-state index contributed by atoms with van der Waals surface area (Å²) in [4.78, 5) is 47.7. The van der Waals surface area contributed by atoms with Crippen LogP contribution in [0.25, 0.3) is 0 Å². The molecule has 19 heteroatoms. The number of allylic oxidation sites excluding steroid dienone is 15. The van der Waals surface area contributed by atoms with Gasteiger partial charge in [0, 0.05) is 23.8 Å². The van der Waals surface area contributed by atoms with Crippen molar-refractivity contribution in [3.05, 3.63) is 97.2 Å². The summed E-state index contributed by atoms with van der Waals surface area (Å²) in [7, 11) is -5.27. The van der Waals surface area contributed by atoms with Crippen LogP contribution in [0, 0.1) is 0 Å². The van der Waals surface area contributed by atoms with E-state index < -0.39 is 99.1 Å². The minimum atomic E-state index is -5.27. The van der Waals surface area contributed by atoms with E-state index in [0.717, 1.165) is 69.5 Å². The molecular weight excluding hydrogens is 958 g/mol. The minimum absolute atomic E-state index is 0.0396. The monoisotopic (exact) mass is 1040 g/mol. The van der Waals surface area contributed by atoms with Gasteiger partial charge in [-0.05, 0) is 77.0 Å². The van der Waals surface area contributed by atoms with Crippen molar-refractivity contribution in [1.29, 1.82) is 0 Å². The number of aliphatic hydroxyl groups is 6. The van der Waals surface area contributed by atoms with Gasteiger partial charge in [0.05, 0.1) is 12.7 Å².